The molecule has 0 saturated heterocycles. The fraction of sp³-hybridized carbons (Fsp3) is 0.353. The number of hydrogen-bond donors (Lipinski definition) is 2. The largest absolute Gasteiger partial charge is 0.352 e. The van der Waals surface area contributed by atoms with E-state index in [1.54, 1.807) is 4.57 Å². The normalized spacial score (nSPS) is 10.7. The summed E-state index contributed by atoms with van der Waals surface area (Å²) in [5.74, 6) is -0.442. The highest BCUT2D eigenvalue weighted by molar-refractivity contribution is 7.73. The van der Waals surface area contributed by atoms with Crippen molar-refractivity contribution in [3.8, 4) is 11.3 Å². The Morgan fingerprint density at radius 2 is 1.88 bits per heavy atom. The third-order valence-electron chi connectivity index (χ3n) is 3.33. The summed E-state index contributed by atoms with van der Waals surface area (Å²) >= 11 is 6.76. The van der Waals surface area contributed by atoms with Crippen molar-refractivity contribution >= 4 is 35.4 Å². The molecule has 2 rings (SSSR count). The number of aryl methyl sites for hydroxylation is 1. The summed E-state index contributed by atoms with van der Waals surface area (Å²) in [6, 6.07) is 8.12. The van der Waals surface area contributed by atoms with Gasteiger partial charge in [0.2, 0.25) is 11.8 Å². The fourth-order valence-corrected chi connectivity index (χ4v) is 3.25. The molecular formula is C17H21N3O2S2. The van der Waals surface area contributed by atoms with Crippen LogP contribution < -0.4 is 10.6 Å². The zero-order valence-corrected chi connectivity index (χ0v) is 15.6. The predicted octanol–water partition coefficient (Wildman–Crippen LogP) is 2.90. The molecule has 0 radical (unpaired) electrons. The molecule has 7 heteroatoms. The van der Waals surface area contributed by atoms with Gasteiger partial charge >= 0.3 is 0 Å². The summed E-state index contributed by atoms with van der Waals surface area (Å²) in [7, 11) is 0. The Morgan fingerprint density at radius 3 is 2.50 bits per heavy atom. The van der Waals surface area contributed by atoms with E-state index in [2.05, 4.69) is 10.6 Å². The van der Waals surface area contributed by atoms with Crippen LogP contribution >= 0.6 is 23.6 Å². The number of aromatic nitrogens is 1. The van der Waals surface area contributed by atoms with Crippen LogP contribution in [0.2, 0.25) is 0 Å². The monoisotopic (exact) mass is 363 g/mol. The van der Waals surface area contributed by atoms with Crippen molar-refractivity contribution in [3.63, 3.8) is 0 Å². The Morgan fingerprint density at radius 1 is 1.21 bits per heavy atom. The maximum Gasteiger partial charge on any atom is 0.240 e. The molecule has 24 heavy (non-hydrogen) atoms. The second-order valence-corrected chi connectivity index (χ2v) is 7.34. The lowest BCUT2D eigenvalue weighted by Gasteiger charge is -2.11. The van der Waals surface area contributed by atoms with Gasteiger partial charge in [-0.3, -0.25) is 9.59 Å². The molecule has 2 aromatic rings. The van der Waals surface area contributed by atoms with Gasteiger partial charge in [-0.15, -0.1) is 11.3 Å². The van der Waals surface area contributed by atoms with E-state index < -0.39 is 0 Å². The minimum Gasteiger partial charge on any atom is -0.352 e. The quantitative estimate of drug-likeness (QED) is 0.776. The number of benzene rings is 1. The fourth-order valence-electron chi connectivity index (χ4n) is 2.18. The van der Waals surface area contributed by atoms with Crippen LogP contribution in [-0.4, -0.2) is 29.0 Å². The van der Waals surface area contributed by atoms with Gasteiger partial charge in [-0.25, -0.2) is 0 Å². The summed E-state index contributed by atoms with van der Waals surface area (Å²) in [5, 5.41) is 7.31. The Bertz CT molecular complexity index is 776. The molecule has 0 fully saturated rings. The topological polar surface area (TPSA) is 63.1 Å². The van der Waals surface area contributed by atoms with E-state index in [9.17, 15) is 9.59 Å². The maximum atomic E-state index is 12.1. The van der Waals surface area contributed by atoms with Crippen molar-refractivity contribution in [1.82, 2.24) is 15.2 Å². The zero-order valence-electron chi connectivity index (χ0n) is 14.0. The third-order valence-corrected chi connectivity index (χ3v) is 4.60. The molecule has 0 unspecified atom stereocenters. The van der Waals surface area contributed by atoms with E-state index >= 15 is 0 Å². The number of thiazole rings is 1. The summed E-state index contributed by atoms with van der Waals surface area (Å²) in [5.41, 5.74) is 3.10. The molecule has 0 atom stereocenters. The van der Waals surface area contributed by atoms with Crippen LogP contribution in [0.5, 0.6) is 0 Å². The average Bonchev–Trinajstić information content (AvgIpc) is 2.87. The van der Waals surface area contributed by atoms with Crippen molar-refractivity contribution < 1.29 is 9.59 Å². The van der Waals surface area contributed by atoms with Gasteiger partial charge in [0, 0.05) is 11.4 Å². The molecule has 2 N–H and O–H groups in total. The van der Waals surface area contributed by atoms with Gasteiger partial charge < -0.3 is 15.2 Å². The lowest BCUT2D eigenvalue weighted by atomic mass is 10.1. The molecule has 1 heterocycles. The van der Waals surface area contributed by atoms with Gasteiger partial charge in [-0.2, -0.15) is 0 Å². The first-order valence-corrected chi connectivity index (χ1v) is 8.97. The molecule has 128 valence electrons. The van der Waals surface area contributed by atoms with Crippen LogP contribution in [0, 0.1) is 10.9 Å². The summed E-state index contributed by atoms with van der Waals surface area (Å²) < 4.78 is 2.42. The Hall–Kier alpha value is -1.99. The smallest absolute Gasteiger partial charge is 0.240 e. The van der Waals surface area contributed by atoms with Crippen molar-refractivity contribution in [3.05, 3.63) is 39.2 Å². The highest BCUT2D eigenvalue weighted by Crippen LogP contribution is 2.24. The lowest BCUT2D eigenvalue weighted by Crippen LogP contribution is -2.40. The van der Waals surface area contributed by atoms with Crippen molar-refractivity contribution in [1.29, 1.82) is 0 Å². The van der Waals surface area contributed by atoms with Crippen molar-refractivity contribution in [2.75, 3.05) is 6.54 Å². The minimum absolute atomic E-state index is 0.0334. The number of carbonyl (C=O) groups is 2. The SMILES string of the molecule is Cc1ccc(-c2csc(=S)n2CC(=O)NCC(=O)NC(C)C)cc1. The summed E-state index contributed by atoms with van der Waals surface area (Å²) in [6.45, 7) is 5.84. The number of amides is 2. The van der Waals surface area contributed by atoms with Gasteiger partial charge in [-0.1, -0.05) is 29.8 Å². The molecule has 0 spiro atoms. The Labute approximate surface area is 150 Å². The van der Waals surface area contributed by atoms with E-state index in [0.717, 1.165) is 11.3 Å². The average molecular weight is 364 g/mol. The summed E-state index contributed by atoms with van der Waals surface area (Å²) in [4.78, 5) is 23.7. The highest BCUT2D eigenvalue weighted by atomic mass is 32.1. The first kappa shape index (κ1) is 18.4. The van der Waals surface area contributed by atoms with Crippen LogP contribution in [-0.2, 0) is 16.1 Å². The second kappa shape index (κ2) is 8.21. The molecule has 0 aliphatic carbocycles. The van der Waals surface area contributed by atoms with Crippen LogP contribution in [0.1, 0.15) is 19.4 Å². The van der Waals surface area contributed by atoms with Gasteiger partial charge in [-0.05, 0) is 38.6 Å². The van der Waals surface area contributed by atoms with Crippen molar-refractivity contribution in [2.45, 2.75) is 33.4 Å². The highest BCUT2D eigenvalue weighted by Gasteiger charge is 2.12. The maximum absolute atomic E-state index is 12.1. The number of nitrogens with one attached hydrogen (secondary N) is 2. The standard InChI is InChI=1S/C17H21N3O2S2/c1-11(2)19-15(21)8-18-16(22)9-20-14(10-24-17(20)23)13-6-4-12(3)5-7-13/h4-7,10-11H,8-9H2,1-3H3,(H,18,22)(H,19,21). The van der Waals surface area contributed by atoms with Gasteiger partial charge in [0.1, 0.15) is 6.54 Å². The molecule has 5 nitrogen and oxygen atoms in total. The van der Waals surface area contributed by atoms with Crippen molar-refractivity contribution in [2.24, 2.45) is 0 Å². The van der Waals surface area contributed by atoms with Crippen LogP contribution in [0.15, 0.2) is 29.6 Å². The Balaban J connectivity index is 2.06. The van der Waals surface area contributed by atoms with Gasteiger partial charge in [0.25, 0.3) is 0 Å². The second-order valence-electron chi connectivity index (χ2n) is 5.84. The van der Waals surface area contributed by atoms with E-state index in [1.807, 2.05) is 50.4 Å². The van der Waals surface area contributed by atoms with Crippen LogP contribution in [0.3, 0.4) is 0 Å². The summed E-state index contributed by atoms with van der Waals surface area (Å²) in [6.07, 6.45) is 0. The molecule has 0 aliphatic rings. The molecule has 0 aliphatic heterocycles. The van der Waals surface area contributed by atoms with Gasteiger partial charge in [0.15, 0.2) is 3.95 Å². The molecule has 0 bridgehead atoms. The minimum atomic E-state index is -0.239. The first-order chi connectivity index (χ1) is 11.4. The number of rotatable bonds is 6. The van der Waals surface area contributed by atoms with E-state index in [1.165, 1.54) is 16.9 Å². The Kier molecular flexibility index (Phi) is 6.28. The third kappa shape index (κ3) is 5.01. The molecule has 1 aromatic carbocycles. The number of nitrogens with zero attached hydrogens (tertiary/aromatic N) is 1. The van der Waals surface area contributed by atoms with E-state index in [-0.39, 0.29) is 30.9 Å². The van der Waals surface area contributed by atoms with E-state index in [0.29, 0.717) is 3.95 Å². The first-order valence-electron chi connectivity index (χ1n) is 7.68. The predicted molar refractivity (Wildman–Crippen MR) is 99.6 cm³/mol. The lowest BCUT2D eigenvalue weighted by molar-refractivity contribution is -0.126. The molecular weight excluding hydrogens is 342 g/mol. The van der Waals surface area contributed by atoms with Crippen LogP contribution in [0.4, 0.5) is 0 Å². The number of hydrogen-bond acceptors (Lipinski definition) is 4. The molecule has 2 amide bonds. The molecule has 0 saturated carbocycles. The molecule has 1 aromatic heterocycles. The van der Waals surface area contributed by atoms with E-state index in [4.69, 9.17) is 12.2 Å². The zero-order chi connectivity index (χ0) is 17.7. The van der Waals surface area contributed by atoms with Gasteiger partial charge in [0.05, 0.1) is 12.2 Å². The number of carbonyl (C=O) groups excluding carboxylic acids is 2. The van der Waals surface area contributed by atoms with Crippen LogP contribution in [0.25, 0.3) is 11.3 Å².